The number of unbranched alkanes of at least 4 members (excludes halogenated alkanes) is 1. The van der Waals surface area contributed by atoms with E-state index in [0.29, 0.717) is 16.5 Å². The van der Waals surface area contributed by atoms with E-state index in [4.69, 9.17) is 17.3 Å². The molecule has 0 spiro atoms. The van der Waals surface area contributed by atoms with Crippen molar-refractivity contribution in [2.75, 3.05) is 5.73 Å². The molecule has 0 aliphatic carbocycles. The third-order valence-corrected chi connectivity index (χ3v) is 2.88. The van der Waals surface area contributed by atoms with E-state index in [2.05, 4.69) is 22.4 Å². The van der Waals surface area contributed by atoms with Gasteiger partial charge in [-0.3, -0.25) is 0 Å². The summed E-state index contributed by atoms with van der Waals surface area (Å²) in [4.78, 5) is 0. The Bertz CT molecular complexity index is 508. The molecule has 0 saturated carbocycles. The summed E-state index contributed by atoms with van der Waals surface area (Å²) in [6, 6.07) is 5.46. The van der Waals surface area contributed by atoms with E-state index in [1.165, 1.54) is 0 Å². The Hall–Kier alpha value is -1.62. The van der Waals surface area contributed by atoms with Crippen LogP contribution in [0, 0.1) is 0 Å². The van der Waals surface area contributed by atoms with Crippen molar-refractivity contribution >= 4 is 17.3 Å². The molecule has 1 heterocycles. The van der Waals surface area contributed by atoms with Gasteiger partial charge in [0.2, 0.25) is 0 Å². The molecular weight excluding hydrogens is 238 g/mol. The summed E-state index contributed by atoms with van der Waals surface area (Å²) in [6.45, 7) is 2.91. The number of nitrogens with two attached hydrogens (primary N) is 1. The lowest BCUT2D eigenvalue weighted by molar-refractivity contribution is 0.557. The second-order valence-corrected chi connectivity index (χ2v) is 4.19. The standard InChI is InChI=1S/C11H14ClN5/c1-2-3-7-17-11(14-15-16-17)8-5-4-6-9(12)10(8)13/h4-6H,2-3,7,13H2,1H3. The van der Waals surface area contributed by atoms with E-state index in [0.717, 1.165) is 24.9 Å². The van der Waals surface area contributed by atoms with Gasteiger partial charge in [-0.05, 0) is 29.0 Å². The second kappa shape index (κ2) is 5.14. The molecule has 0 unspecified atom stereocenters. The van der Waals surface area contributed by atoms with Gasteiger partial charge in [0.15, 0.2) is 5.82 Å². The number of rotatable bonds is 4. The van der Waals surface area contributed by atoms with Gasteiger partial charge >= 0.3 is 0 Å². The number of benzene rings is 1. The van der Waals surface area contributed by atoms with E-state index in [9.17, 15) is 0 Å². The van der Waals surface area contributed by atoms with Crippen LogP contribution >= 0.6 is 11.6 Å². The average molecular weight is 252 g/mol. The Labute approximate surface area is 105 Å². The lowest BCUT2D eigenvalue weighted by Gasteiger charge is -2.07. The number of hydrogen-bond donors (Lipinski definition) is 1. The van der Waals surface area contributed by atoms with Crippen molar-refractivity contribution in [3.05, 3.63) is 23.2 Å². The molecule has 2 aromatic rings. The molecule has 0 saturated heterocycles. The van der Waals surface area contributed by atoms with E-state index in [1.807, 2.05) is 12.1 Å². The maximum Gasteiger partial charge on any atom is 0.184 e. The normalized spacial score (nSPS) is 10.7. The molecule has 0 bridgehead atoms. The number of hydrogen-bond acceptors (Lipinski definition) is 4. The van der Waals surface area contributed by atoms with Crippen LogP contribution in [0.4, 0.5) is 5.69 Å². The number of nitrogen functional groups attached to an aromatic ring is 1. The number of tetrazole rings is 1. The fourth-order valence-electron chi connectivity index (χ4n) is 1.59. The predicted octanol–water partition coefficient (Wildman–Crippen LogP) is 2.38. The number of para-hydroxylation sites is 1. The van der Waals surface area contributed by atoms with Crippen molar-refractivity contribution in [2.45, 2.75) is 26.3 Å². The molecular formula is C11H14ClN5. The summed E-state index contributed by atoms with van der Waals surface area (Å²) in [7, 11) is 0. The van der Waals surface area contributed by atoms with Crippen LogP contribution < -0.4 is 5.73 Å². The van der Waals surface area contributed by atoms with Gasteiger partial charge in [0.05, 0.1) is 10.7 Å². The van der Waals surface area contributed by atoms with Gasteiger partial charge in [0.1, 0.15) is 0 Å². The third kappa shape index (κ3) is 2.39. The summed E-state index contributed by atoms with van der Waals surface area (Å²) < 4.78 is 1.76. The van der Waals surface area contributed by atoms with Crippen molar-refractivity contribution in [2.24, 2.45) is 0 Å². The Balaban J connectivity index is 2.39. The monoisotopic (exact) mass is 251 g/mol. The number of aromatic nitrogens is 4. The van der Waals surface area contributed by atoms with Gasteiger partial charge < -0.3 is 5.73 Å². The largest absolute Gasteiger partial charge is 0.397 e. The summed E-state index contributed by atoms with van der Waals surface area (Å²) in [6.07, 6.45) is 2.11. The van der Waals surface area contributed by atoms with Gasteiger partial charge in [0, 0.05) is 12.1 Å². The van der Waals surface area contributed by atoms with E-state index in [-0.39, 0.29) is 0 Å². The smallest absolute Gasteiger partial charge is 0.184 e. The maximum absolute atomic E-state index is 5.98. The minimum absolute atomic E-state index is 0.515. The fourth-order valence-corrected chi connectivity index (χ4v) is 1.76. The Morgan fingerprint density at radius 3 is 3.00 bits per heavy atom. The summed E-state index contributed by atoms with van der Waals surface area (Å²) in [5.74, 6) is 0.665. The number of nitrogens with zero attached hydrogens (tertiary/aromatic N) is 4. The first-order valence-corrected chi connectivity index (χ1v) is 5.92. The first-order valence-electron chi connectivity index (χ1n) is 5.54. The third-order valence-electron chi connectivity index (χ3n) is 2.55. The molecule has 2 rings (SSSR count). The molecule has 0 amide bonds. The van der Waals surface area contributed by atoms with Crippen LogP contribution in [-0.4, -0.2) is 20.2 Å². The summed E-state index contributed by atoms with van der Waals surface area (Å²) >= 11 is 5.98. The Morgan fingerprint density at radius 2 is 2.24 bits per heavy atom. The van der Waals surface area contributed by atoms with Crippen molar-refractivity contribution in [1.29, 1.82) is 0 Å². The Kier molecular flexibility index (Phi) is 3.58. The Morgan fingerprint density at radius 1 is 1.41 bits per heavy atom. The van der Waals surface area contributed by atoms with Crippen molar-refractivity contribution in [3.8, 4) is 11.4 Å². The van der Waals surface area contributed by atoms with Crippen molar-refractivity contribution in [3.63, 3.8) is 0 Å². The molecule has 0 aliphatic heterocycles. The molecule has 1 aromatic carbocycles. The maximum atomic E-state index is 5.98. The lowest BCUT2D eigenvalue weighted by Crippen LogP contribution is -2.04. The van der Waals surface area contributed by atoms with Crippen LogP contribution in [-0.2, 0) is 6.54 Å². The first kappa shape index (κ1) is 11.9. The zero-order valence-electron chi connectivity index (χ0n) is 9.60. The van der Waals surface area contributed by atoms with Gasteiger partial charge in [-0.1, -0.05) is 31.0 Å². The zero-order chi connectivity index (χ0) is 12.3. The second-order valence-electron chi connectivity index (χ2n) is 3.78. The highest BCUT2D eigenvalue weighted by molar-refractivity contribution is 6.33. The SMILES string of the molecule is CCCCn1nnnc1-c1cccc(Cl)c1N. The molecule has 2 N–H and O–H groups in total. The quantitative estimate of drug-likeness (QED) is 0.847. The van der Waals surface area contributed by atoms with E-state index in [1.54, 1.807) is 10.7 Å². The summed E-state index contributed by atoms with van der Waals surface area (Å²) in [5.41, 5.74) is 7.22. The molecule has 0 radical (unpaired) electrons. The van der Waals surface area contributed by atoms with Gasteiger partial charge in [-0.15, -0.1) is 5.10 Å². The van der Waals surface area contributed by atoms with E-state index < -0.39 is 0 Å². The first-order chi connectivity index (χ1) is 8.24. The molecule has 0 aliphatic rings. The summed E-state index contributed by atoms with van der Waals surface area (Å²) in [5, 5.41) is 12.2. The number of halogens is 1. The molecule has 17 heavy (non-hydrogen) atoms. The van der Waals surface area contributed by atoms with Crippen LogP contribution in [0.1, 0.15) is 19.8 Å². The molecule has 5 nitrogen and oxygen atoms in total. The van der Waals surface area contributed by atoms with E-state index >= 15 is 0 Å². The van der Waals surface area contributed by atoms with Crippen LogP contribution in [0.2, 0.25) is 5.02 Å². The molecule has 90 valence electrons. The zero-order valence-corrected chi connectivity index (χ0v) is 10.4. The highest BCUT2D eigenvalue weighted by Crippen LogP contribution is 2.29. The number of aryl methyl sites for hydroxylation is 1. The highest BCUT2D eigenvalue weighted by Gasteiger charge is 2.12. The number of anilines is 1. The lowest BCUT2D eigenvalue weighted by atomic mass is 10.1. The minimum Gasteiger partial charge on any atom is -0.397 e. The topological polar surface area (TPSA) is 69.6 Å². The average Bonchev–Trinajstić information content (AvgIpc) is 2.78. The molecule has 0 fully saturated rings. The molecule has 6 heteroatoms. The molecule has 0 atom stereocenters. The fraction of sp³-hybridized carbons (Fsp3) is 0.364. The van der Waals surface area contributed by atoms with Crippen LogP contribution in [0.5, 0.6) is 0 Å². The predicted molar refractivity (Wildman–Crippen MR) is 67.6 cm³/mol. The highest BCUT2D eigenvalue weighted by atomic mass is 35.5. The van der Waals surface area contributed by atoms with Gasteiger partial charge in [-0.2, -0.15) is 0 Å². The van der Waals surface area contributed by atoms with Gasteiger partial charge in [-0.25, -0.2) is 4.68 Å². The van der Waals surface area contributed by atoms with Crippen molar-refractivity contribution < 1.29 is 0 Å². The van der Waals surface area contributed by atoms with Crippen LogP contribution in [0.25, 0.3) is 11.4 Å². The minimum atomic E-state index is 0.515. The van der Waals surface area contributed by atoms with Gasteiger partial charge in [0.25, 0.3) is 0 Å². The van der Waals surface area contributed by atoms with Crippen molar-refractivity contribution in [1.82, 2.24) is 20.2 Å². The van der Waals surface area contributed by atoms with Crippen LogP contribution in [0.3, 0.4) is 0 Å². The van der Waals surface area contributed by atoms with Crippen LogP contribution in [0.15, 0.2) is 18.2 Å². The molecule has 1 aromatic heterocycles.